The molecule has 3 aromatic rings. The van der Waals surface area contributed by atoms with Gasteiger partial charge in [0, 0.05) is 30.8 Å². The second-order valence-corrected chi connectivity index (χ2v) is 7.68. The fraction of sp³-hybridized carbons (Fsp3) is 0.200. The normalized spacial score (nSPS) is 11.8. The maximum absolute atomic E-state index is 11.6. The number of hydrogen-bond acceptors (Lipinski definition) is 6. The summed E-state index contributed by atoms with van der Waals surface area (Å²) in [5.41, 5.74) is 2.43. The Bertz CT molecular complexity index is 1040. The van der Waals surface area contributed by atoms with Gasteiger partial charge in [-0.2, -0.15) is 5.10 Å². The highest BCUT2D eigenvalue weighted by atomic mass is 32.2. The minimum Gasteiger partial charge on any atom is -0.258 e. The van der Waals surface area contributed by atoms with E-state index in [0.717, 1.165) is 22.8 Å². The van der Waals surface area contributed by atoms with Crippen LogP contribution in [0.1, 0.15) is 5.69 Å². The van der Waals surface area contributed by atoms with Gasteiger partial charge in [-0.15, -0.1) is 0 Å². The number of pyridine rings is 1. The number of rotatable bonds is 4. The molecule has 124 valence electrons. The number of nitro groups is 1. The first-order chi connectivity index (χ1) is 11.2. The van der Waals surface area contributed by atoms with Gasteiger partial charge in [-0.25, -0.2) is 13.4 Å². The maximum Gasteiger partial charge on any atom is 0.269 e. The lowest BCUT2D eigenvalue weighted by Crippen LogP contribution is -2.04. The van der Waals surface area contributed by atoms with Gasteiger partial charge in [0.2, 0.25) is 0 Å². The second kappa shape index (κ2) is 5.68. The summed E-state index contributed by atoms with van der Waals surface area (Å²) in [6.45, 7) is 0. The van der Waals surface area contributed by atoms with E-state index in [1.165, 1.54) is 12.1 Å². The first kappa shape index (κ1) is 16.1. The Labute approximate surface area is 137 Å². The number of non-ortho nitro benzene ring substituents is 1. The Kier molecular flexibility index (Phi) is 3.80. The molecule has 2 heterocycles. The van der Waals surface area contributed by atoms with Crippen LogP contribution in [-0.4, -0.2) is 34.4 Å². The van der Waals surface area contributed by atoms with E-state index < -0.39 is 14.8 Å². The molecular formula is C15H14N4O4S. The second-order valence-electron chi connectivity index (χ2n) is 5.54. The topological polar surface area (TPSA) is 108 Å². The highest BCUT2D eigenvalue weighted by molar-refractivity contribution is 7.89. The monoisotopic (exact) mass is 346 g/mol. The summed E-state index contributed by atoms with van der Waals surface area (Å²) in [5, 5.41) is 15.7. The zero-order valence-corrected chi connectivity index (χ0v) is 13.8. The van der Waals surface area contributed by atoms with E-state index in [4.69, 9.17) is 0 Å². The van der Waals surface area contributed by atoms with E-state index in [0.29, 0.717) is 11.3 Å². The number of aryl methyl sites for hydroxylation is 1. The summed E-state index contributed by atoms with van der Waals surface area (Å²) >= 11 is 0. The number of nitrogens with zero attached hydrogens (tertiary/aromatic N) is 4. The van der Waals surface area contributed by atoms with Crippen LogP contribution in [0.3, 0.4) is 0 Å². The van der Waals surface area contributed by atoms with Gasteiger partial charge in [0.15, 0.2) is 15.5 Å². The highest BCUT2D eigenvalue weighted by Crippen LogP contribution is 2.30. The van der Waals surface area contributed by atoms with E-state index in [1.807, 2.05) is 0 Å². The smallest absolute Gasteiger partial charge is 0.258 e. The van der Waals surface area contributed by atoms with Crippen molar-refractivity contribution < 1.29 is 13.3 Å². The van der Waals surface area contributed by atoms with Crippen LogP contribution < -0.4 is 0 Å². The minimum atomic E-state index is -3.24. The molecule has 0 aliphatic heterocycles. The van der Waals surface area contributed by atoms with Crippen LogP contribution in [-0.2, 0) is 22.6 Å². The molecule has 0 saturated carbocycles. The fourth-order valence-electron chi connectivity index (χ4n) is 2.51. The van der Waals surface area contributed by atoms with Crippen LogP contribution in [0.2, 0.25) is 0 Å². The van der Waals surface area contributed by atoms with Gasteiger partial charge in [-0.05, 0) is 29.3 Å². The van der Waals surface area contributed by atoms with E-state index in [1.54, 1.807) is 36.1 Å². The zero-order chi connectivity index (χ0) is 17.5. The number of nitro benzene ring substituents is 1. The first-order valence-electron chi connectivity index (χ1n) is 6.99. The van der Waals surface area contributed by atoms with Crippen molar-refractivity contribution in [1.82, 2.24) is 14.8 Å². The quantitative estimate of drug-likeness (QED) is 0.529. The van der Waals surface area contributed by atoms with Crippen molar-refractivity contribution in [2.45, 2.75) is 5.75 Å². The number of aromatic nitrogens is 3. The number of sulfone groups is 1. The Balaban J connectivity index is 2.20. The van der Waals surface area contributed by atoms with Gasteiger partial charge >= 0.3 is 0 Å². The molecule has 0 spiro atoms. The summed E-state index contributed by atoms with van der Waals surface area (Å²) in [7, 11) is -1.52. The van der Waals surface area contributed by atoms with Gasteiger partial charge in [0.1, 0.15) is 0 Å². The van der Waals surface area contributed by atoms with Gasteiger partial charge in [0.05, 0.1) is 22.6 Å². The lowest BCUT2D eigenvalue weighted by atomic mass is 10.0. The summed E-state index contributed by atoms with van der Waals surface area (Å²) < 4.78 is 24.7. The molecule has 0 atom stereocenters. The number of benzene rings is 1. The van der Waals surface area contributed by atoms with Crippen molar-refractivity contribution >= 4 is 26.6 Å². The van der Waals surface area contributed by atoms with Crippen molar-refractivity contribution in [3.8, 4) is 11.1 Å². The minimum absolute atomic E-state index is 0.00778. The summed E-state index contributed by atoms with van der Waals surface area (Å²) in [5.74, 6) is -0.186. The maximum atomic E-state index is 11.6. The average Bonchev–Trinajstić information content (AvgIpc) is 2.86. The van der Waals surface area contributed by atoms with Crippen molar-refractivity contribution in [2.24, 2.45) is 7.05 Å². The molecule has 0 saturated heterocycles. The molecule has 24 heavy (non-hydrogen) atoms. The van der Waals surface area contributed by atoms with E-state index in [-0.39, 0.29) is 11.4 Å². The lowest BCUT2D eigenvalue weighted by Gasteiger charge is -2.07. The van der Waals surface area contributed by atoms with Crippen molar-refractivity contribution in [1.29, 1.82) is 0 Å². The third-order valence-corrected chi connectivity index (χ3v) is 4.38. The van der Waals surface area contributed by atoms with Gasteiger partial charge < -0.3 is 0 Å². The Hall–Kier alpha value is -2.81. The van der Waals surface area contributed by atoms with Crippen LogP contribution in [0, 0.1) is 10.1 Å². The third-order valence-electron chi connectivity index (χ3n) is 3.56. The molecule has 9 heteroatoms. The summed E-state index contributed by atoms with van der Waals surface area (Å²) in [4.78, 5) is 14.7. The SMILES string of the molecule is Cn1ncc2c(-c3ccc([N+](=O)[O-])cc3)cc(CS(C)(=O)=O)nc21. The average molecular weight is 346 g/mol. The summed E-state index contributed by atoms with van der Waals surface area (Å²) in [6, 6.07) is 7.77. The van der Waals surface area contributed by atoms with Crippen molar-refractivity contribution in [2.75, 3.05) is 6.26 Å². The molecule has 8 nitrogen and oxygen atoms in total. The molecular weight excluding hydrogens is 332 g/mol. The van der Waals surface area contributed by atoms with Crippen LogP contribution in [0.5, 0.6) is 0 Å². The highest BCUT2D eigenvalue weighted by Gasteiger charge is 2.15. The molecule has 0 unspecified atom stereocenters. The van der Waals surface area contributed by atoms with E-state index in [9.17, 15) is 18.5 Å². The van der Waals surface area contributed by atoms with E-state index >= 15 is 0 Å². The molecule has 0 radical (unpaired) electrons. The van der Waals surface area contributed by atoms with Crippen molar-refractivity contribution in [3.63, 3.8) is 0 Å². The molecule has 0 fully saturated rings. The molecule has 0 aliphatic carbocycles. The Morgan fingerprint density at radius 3 is 2.50 bits per heavy atom. The lowest BCUT2D eigenvalue weighted by molar-refractivity contribution is -0.384. The van der Waals surface area contributed by atoms with E-state index in [2.05, 4.69) is 10.1 Å². The molecule has 0 aliphatic rings. The first-order valence-corrected chi connectivity index (χ1v) is 9.05. The molecule has 3 rings (SSSR count). The Morgan fingerprint density at radius 1 is 1.25 bits per heavy atom. The van der Waals surface area contributed by atoms with Gasteiger partial charge in [-0.1, -0.05) is 0 Å². The Morgan fingerprint density at radius 2 is 1.92 bits per heavy atom. The molecule has 0 N–H and O–H groups in total. The predicted molar refractivity (Wildman–Crippen MR) is 89.1 cm³/mol. The fourth-order valence-corrected chi connectivity index (χ4v) is 3.20. The standard InChI is InChI=1S/C15H14N4O4S/c1-18-15-14(8-16-18)13(7-11(17-15)9-24(2,22)23)10-3-5-12(6-4-10)19(20)21/h3-8H,9H2,1-2H3. The zero-order valence-electron chi connectivity index (χ0n) is 13.0. The van der Waals surface area contributed by atoms with Gasteiger partial charge in [0.25, 0.3) is 5.69 Å². The predicted octanol–water partition coefficient (Wildman–Crippen LogP) is 2.09. The molecule has 2 aromatic heterocycles. The molecule has 0 bridgehead atoms. The third kappa shape index (κ3) is 3.11. The summed E-state index contributed by atoms with van der Waals surface area (Å²) in [6.07, 6.45) is 2.79. The van der Waals surface area contributed by atoms with Crippen LogP contribution >= 0.6 is 0 Å². The molecule has 1 aromatic carbocycles. The van der Waals surface area contributed by atoms with Crippen molar-refractivity contribution in [3.05, 3.63) is 52.3 Å². The number of hydrogen-bond donors (Lipinski definition) is 0. The van der Waals surface area contributed by atoms with Gasteiger partial charge in [-0.3, -0.25) is 14.8 Å². The number of fused-ring (bicyclic) bond motifs is 1. The largest absolute Gasteiger partial charge is 0.269 e. The van der Waals surface area contributed by atoms with Crippen LogP contribution in [0.15, 0.2) is 36.5 Å². The van der Waals surface area contributed by atoms with Crippen LogP contribution in [0.25, 0.3) is 22.2 Å². The van der Waals surface area contributed by atoms with Crippen LogP contribution in [0.4, 0.5) is 5.69 Å². The molecule has 0 amide bonds.